The molecule has 0 amide bonds. The topological polar surface area (TPSA) is 46.5 Å². The van der Waals surface area contributed by atoms with Gasteiger partial charge in [-0.15, -0.1) is 0 Å². The van der Waals surface area contributed by atoms with Crippen molar-refractivity contribution >= 4 is 17.3 Å². The normalized spacial score (nSPS) is 10.0. The fourth-order valence-corrected chi connectivity index (χ4v) is 1.91. The number of carboxylic acids is 1. The molecule has 0 aliphatic rings. The zero-order chi connectivity index (χ0) is 11.4. The van der Waals surface area contributed by atoms with Crippen LogP contribution in [0.3, 0.4) is 0 Å². The van der Waals surface area contributed by atoms with E-state index in [1.807, 2.05) is 16.8 Å². The Balaban J connectivity index is 2.04. The van der Waals surface area contributed by atoms with Crippen molar-refractivity contribution in [3.63, 3.8) is 0 Å². The molecule has 0 unspecified atom stereocenters. The van der Waals surface area contributed by atoms with E-state index in [1.54, 1.807) is 29.5 Å². The molecule has 3 nitrogen and oxygen atoms in total. The van der Waals surface area contributed by atoms with Crippen LogP contribution in [0.25, 0.3) is 0 Å². The maximum absolute atomic E-state index is 10.7. The summed E-state index contributed by atoms with van der Waals surface area (Å²) < 4.78 is 5.48. The molecular weight excluding hydrogens is 224 g/mol. The molecule has 4 heteroatoms. The molecule has 0 spiro atoms. The van der Waals surface area contributed by atoms with Gasteiger partial charge in [0.25, 0.3) is 0 Å². The highest BCUT2D eigenvalue weighted by Crippen LogP contribution is 2.16. The molecule has 0 aliphatic heterocycles. The van der Waals surface area contributed by atoms with Crippen LogP contribution in [0, 0.1) is 0 Å². The fraction of sp³-hybridized carbons (Fsp3) is 0.0833. The number of thiophene rings is 1. The van der Waals surface area contributed by atoms with Crippen molar-refractivity contribution in [1.82, 2.24) is 0 Å². The molecule has 82 valence electrons. The molecule has 0 atom stereocenters. The summed E-state index contributed by atoms with van der Waals surface area (Å²) in [4.78, 5) is 10.7. The summed E-state index contributed by atoms with van der Waals surface area (Å²) in [7, 11) is 0. The Morgan fingerprint density at radius 3 is 2.94 bits per heavy atom. The smallest absolute Gasteiger partial charge is 0.335 e. The minimum Gasteiger partial charge on any atom is -0.489 e. The quantitative estimate of drug-likeness (QED) is 0.884. The van der Waals surface area contributed by atoms with Crippen LogP contribution in [-0.2, 0) is 6.61 Å². The van der Waals surface area contributed by atoms with Crippen molar-refractivity contribution in [2.45, 2.75) is 6.61 Å². The Kier molecular flexibility index (Phi) is 3.22. The summed E-state index contributed by atoms with van der Waals surface area (Å²) in [6.45, 7) is 0.465. The molecule has 1 N–H and O–H groups in total. The van der Waals surface area contributed by atoms with Crippen molar-refractivity contribution in [2.24, 2.45) is 0 Å². The Morgan fingerprint density at radius 1 is 1.38 bits per heavy atom. The molecule has 1 aromatic carbocycles. The zero-order valence-electron chi connectivity index (χ0n) is 8.42. The lowest BCUT2D eigenvalue weighted by Gasteiger charge is -2.05. The molecule has 1 aromatic heterocycles. The van der Waals surface area contributed by atoms with Gasteiger partial charge in [0.05, 0.1) is 5.56 Å². The maximum atomic E-state index is 10.7. The molecule has 0 fully saturated rings. The van der Waals surface area contributed by atoms with E-state index in [9.17, 15) is 4.79 Å². The lowest BCUT2D eigenvalue weighted by Crippen LogP contribution is -1.98. The van der Waals surface area contributed by atoms with Crippen LogP contribution in [0.4, 0.5) is 0 Å². The van der Waals surface area contributed by atoms with Gasteiger partial charge in [-0.2, -0.15) is 11.3 Å². The van der Waals surface area contributed by atoms with Gasteiger partial charge in [0.15, 0.2) is 0 Å². The minimum atomic E-state index is -0.944. The van der Waals surface area contributed by atoms with Gasteiger partial charge in [-0.3, -0.25) is 0 Å². The monoisotopic (exact) mass is 234 g/mol. The molecular formula is C12H10O3S. The molecule has 0 saturated heterocycles. The maximum Gasteiger partial charge on any atom is 0.335 e. The SMILES string of the molecule is O=C(O)c1cccc(OCc2ccsc2)c1. The van der Waals surface area contributed by atoms with Gasteiger partial charge in [0.1, 0.15) is 12.4 Å². The Bertz CT molecular complexity index is 477. The summed E-state index contributed by atoms with van der Waals surface area (Å²) in [6.07, 6.45) is 0. The van der Waals surface area contributed by atoms with Crippen LogP contribution in [0.5, 0.6) is 5.75 Å². The van der Waals surface area contributed by atoms with E-state index in [2.05, 4.69) is 0 Å². The average Bonchev–Trinajstić information content (AvgIpc) is 2.79. The first-order valence-corrected chi connectivity index (χ1v) is 5.67. The van der Waals surface area contributed by atoms with Gasteiger partial charge in [0, 0.05) is 0 Å². The minimum absolute atomic E-state index is 0.239. The highest BCUT2D eigenvalue weighted by Gasteiger charge is 2.03. The number of rotatable bonds is 4. The number of benzene rings is 1. The summed E-state index contributed by atoms with van der Waals surface area (Å²) in [5.74, 6) is -0.368. The number of carboxylic acid groups (broad SMARTS) is 1. The van der Waals surface area contributed by atoms with Crippen LogP contribution in [-0.4, -0.2) is 11.1 Å². The number of hydrogen-bond donors (Lipinski definition) is 1. The summed E-state index contributed by atoms with van der Waals surface area (Å²) >= 11 is 1.61. The highest BCUT2D eigenvalue weighted by atomic mass is 32.1. The summed E-state index contributed by atoms with van der Waals surface area (Å²) in [6, 6.07) is 8.46. The molecule has 0 saturated carbocycles. The van der Waals surface area contributed by atoms with E-state index in [-0.39, 0.29) is 5.56 Å². The van der Waals surface area contributed by atoms with Crippen LogP contribution in [0.2, 0.25) is 0 Å². The molecule has 0 bridgehead atoms. The Hall–Kier alpha value is -1.81. The third-order valence-corrected chi connectivity index (χ3v) is 2.80. The van der Waals surface area contributed by atoms with Crippen molar-refractivity contribution in [2.75, 3.05) is 0 Å². The second kappa shape index (κ2) is 4.81. The second-order valence-corrected chi connectivity index (χ2v) is 4.03. The van der Waals surface area contributed by atoms with E-state index in [0.29, 0.717) is 12.4 Å². The lowest BCUT2D eigenvalue weighted by molar-refractivity contribution is 0.0696. The van der Waals surface area contributed by atoms with E-state index in [0.717, 1.165) is 5.56 Å². The Labute approximate surface area is 96.9 Å². The molecule has 1 heterocycles. The van der Waals surface area contributed by atoms with Crippen LogP contribution in [0.1, 0.15) is 15.9 Å². The molecule has 0 radical (unpaired) electrons. The van der Waals surface area contributed by atoms with Gasteiger partial charge >= 0.3 is 5.97 Å². The van der Waals surface area contributed by atoms with E-state index < -0.39 is 5.97 Å². The molecule has 16 heavy (non-hydrogen) atoms. The largest absolute Gasteiger partial charge is 0.489 e. The van der Waals surface area contributed by atoms with Gasteiger partial charge in [-0.25, -0.2) is 4.79 Å². The predicted molar refractivity (Wildman–Crippen MR) is 62.1 cm³/mol. The van der Waals surface area contributed by atoms with Crippen molar-refractivity contribution in [3.05, 3.63) is 52.2 Å². The van der Waals surface area contributed by atoms with Crippen molar-refractivity contribution in [1.29, 1.82) is 0 Å². The standard InChI is InChI=1S/C12H10O3S/c13-12(14)10-2-1-3-11(6-10)15-7-9-4-5-16-8-9/h1-6,8H,7H2,(H,13,14). The molecule has 2 aromatic rings. The summed E-state index contributed by atoms with van der Waals surface area (Å²) in [5, 5.41) is 12.8. The van der Waals surface area contributed by atoms with Gasteiger partial charge in [-0.05, 0) is 40.6 Å². The first-order valence-electron chi connectivity index (χ1n) is 4.73. The predicted octanol–water partition coefficient (Wildman–Crippen LogP) is 3.03. The number of ether oxygens (including phenoxy) is 1. The summed E-state index contributed by atoms with van der Waals surface area (Å²) in [5.41, 5.74) is 1.33. The van der Waals surface area contributed by atoms with Crippen LogP contribution >= 0.6 is 11.3 Å². The highest BCUT2D eigenvalue weighted by molar-refractivity contribution is 7.07. The van der Waals surface area contributed by atoms with E-state index in [1.165, 1.54) is 6.07 Å². The third-order valence-electron chi connectivity index (χ3n) is 2.07. The zero-order valence-corrected chi connectivity index (χ0v) is 9.24. The Morgan fingerprint density at radius 2 is 2.25 bits per heavy atom. The van der Waals surface area contributed by atoms with Crippen LogP contribution < -0.4 is 4.74 Å². The molecule has 0 aliphatic carbocycles. The third kappa shape index (κ3) is 2.61. The average molecular weight is 234 g/mol. The lowest BCUT2D eigenvalue weighted by atomic mass is 10.2. The first kappa shape index (κ1) is 10.7. The van der Waals surface area contributed by atoms with Gasteiger partial charge in [0.2, 0.25) is 0 Å². The first-order chi connectivity index (χ1) is 7.75. The molecule has 2 rings (SSSR count). The van der Waals surface area contributed by atoms with E-state index >= 15 is 0 Å². The number of hydrogen-bond acceptors (Lipinski definition) is 3. The van der Waals surface area contributed by atoms with Crippen LogP contribution in [0.15, 0.2) is 41.1 Å². The van der Waals surface area contributed by atoms with Gasteiger partial charge in [-0.1, -0.05) is 6.07 Å². The number of aromatic carboxylic acids is 1. The van der Waals surface area contributed by atoms with Crippen molar-refractivity contribution < 1.29 is 14.6 Å². The second-order valence-electron chi connectivity index (χ2n) is 3.25. The van der Waals surface area contributed by atoms with E-state index in [4.69, 9.17) is 9.84 Å². The fourth-order valence-electron chi connectivity index (χ4n) is 1.26. The number of carbonyl (C=O) groups is 1. The van der Waals surface area contributed by atoms with Gasteiger partial charge < -0.3 is 9.84 Å². The van der Waals surface area contributed by atoms with Crippen molar-refractivity contribution in [3.8, 4) is 5.75 Å².